The Morgan fingerprint density at radius 2 is 1.54 bits per heavy atom. The van der Waals surface area contributed by atoms with Gasteiger partial charge in [-0.2, -0.15) is 0 Å². The van der Waals surface area contributed by atoms with Crippen molar-refractivity contribution in [2.45, 2.75) is 51.1 Å². The number of amides is 2. The minimum atomic E-state index is -0.725. The summed E-state index contributed by atoms with van der Waals surface area (Å²) in [4.78, 5) is 28.9. The molecule has 196 valence electrons. The van der Waals surface area contributed by atoms with Gasteiger partial charge in [0, 0.05) is 39.3 Å². The minimum absolute atomic E-state index is 0.144. The molecule has 0 unspecified atom stereocenters. The predicted octanol–water partition coefficient (Wildman–Crippen LogP) is 7.43. The van der Waals surface area contributed by atoms with Crippen molar-refractivity contribution in [1.29, 1.82) is 0 Å². The molecule has 0 heterocycles. The highest BCUT2D eigenvalue weighted by Gasteiger charge is 2.32. The van der Waals surface area contributed by atoms with Gasteiger partial charge in [-0.15, -0.1) is 11.8 Å². The van der Waals surface area contributed by atoms with Crippen LogP contribution in [0.1, 0.15) is 37.5 Å². The van der Waals surface area contributed by atoms with Gasteiger partial charge in [-0.25, -0.2) is 0 Å². The maximum Gasteiger partial charge on any atom is 0.243 e. The predicted molar refractivity (Wildman–Crippen MR) is 156 cm³/mol. The summed E-state index contributed by atoms with van der Waals surface area (Å²) < 4.78 is 0. The molecule has 0 saturated carbocycles. The van der Waals surface area contributed by atoms with Crippen LogP contribution in [0.2, 0.25) is 15.1 Å². The molecular formula is C29H31Cl3N2O2S. The summed E-state index contributed by atoms with van der Waals surface area (Å²) in [5, 5.41) is 4.70. The summed E-state index contributed by atoms with van der Waals surface area (Å²) in [6, 6.07) is 21.7. The van der Waals surface area contributed by atoms with Crippen molar-refractivity contribution < 1.29 is 9.59 Å². The molecule has 0 saturated heterocycles. The summed E-state index contributed by atoms with van der Waals surface area (Å²) in [6.45, 7) is 5.96. The molecule has 4 nitrogen and oxygen atoms in total. The van der Waals surface area contributed by atoms with E-state index in [4.69, 9.17) is 34.8 Å². The van der Waals surface area contributed by atoms with Crippen molar-refractivity contribution in [3.8, 4) is 0 Å². The highest BCUT2D eigenvalue weighted by Crippen LogP contribution is 2.25. The molecule has 1 N–H and O–H groups in total. The topological polar surface area (TPSA) is 49.4 Å². The molecule has 0 bridgehead atoms. The van der Waals surface area contributed by atoms with E-state index in [9.17, 15) is 9.59 Å². The first kappa shape index (κ1) is 29.4. The summed E-state index contributed by atoms with van der Waals surface area (Å²) in [7, 11) is 0. The van der Waals surface area contributed by atoms with Crippen LogP contribution in [0.3, 0.4) is 0 Å². The monoisotopic (exact) mass is 576 g/mol. The first-order chi connectivity index (χ1) is 17.5. The molecular weight excluding hydrogens is 547 g/mol. The lowest BCUT2D eigenvalue weighted by molar-refractivity contribution is -0.140. The zero-order chi connectivity index (χ0) is 27.0. The van der Waals surface area contributed by atoms with Crippen LogP contribution in [-0.2, 0) is 28.3 Å². The maximum absolute atomic E-state index is 13.7. The smallest absolute Gasteiger partial charge is 0.243 e. The zero-order valence-electron chi connectivity index (χ0n) is 21.1. The number of rotatable bonds is 10. The first-order valence-electron chi connectivity index (χ1n) is 11.9. The molecule has 0 aromatic heterocycles. The van der Waals surface area contributed by atoms with Crippen molar-refractivity contribution >= 4 is 58.4 Å². The second kappa shape index (κ2) is 13.6. The summed E-state index contributed by atoms with van der Waals surface area (Å²) in [6.07, 6.45) is 0.377. The fraction of sp³-hybridized carbons (Fsp3) is 0.310. The third kappa shape index (κ3) is 9.57. The van der Waals surface area contributed by atoms with Crippen molar-refractivity contribution in [2.75, 3.05) is 5.75 Å². The third-order valence-electron chi connectivity index (χ3n) is 5.53. The van der Waals surface area contributed by atoms with Crippen molar-refractivity contribution in [2.24, 2.45) is 0 Å². The molecule has 8 heteroatoms. The molecule has 3 aromatic carbocycles. The highest BCUT2D eigenvalue weighted by atomic mass is 35.5. The first-order valence-corrected chi connectivity index (χ1v) is 14.2. The Kier molecular flexibility index (Phi) is 10.8. The fourth-order valence-corrected chi connectivity index (χ4v) is 5.22. The number of benzene rings is 3. The second-order valence-corrected chi connectivity index (χ2v) is 12.1. The number of nitrogens with zero attached hydrogens (tertiary/aromatic N) is 1. The summed E-state index contributed by atoms with van der Waals surface area (Å²) in [5.41, 5.74) is 2.30. The molecule has 0 aliphatic carbocycles. The van der Waals surface area contributed by atoms with Crippen LogP contribution in [0.15, 0.2) is 72.8 Å². The van der Waals surface area contributed by atoms with Crippen LogP contribution in [0, 0.1) is 0 Å². The van der Waals surface area contributed by atoms with Crippen LogP contribution in [0.25, 0.3) is 0 Å². The van der Waals surface area contributed by atoms with E-state index in [0.29, 0.717) is 27.2 Å². The van der Waals surface area contributed by atoms with Gasteiger partial charge in [0.2, 0.25) is 11.8 Å². The fourth-order valence-electron chi connectivity index (χ4n) is 3.76. The van der Waals surface area contributed by atoms with E-state index in [1.807, 2.05) is 75.4 Å². The average Bonchev–Trinajstić information content (AvgIpc) is 2.83. The van der Waals surface area contributed by atoms with Crippen molar-refractivity contribution in [3.63, 3.8) is 0 Å². The van der Waals surface area contributed by atoms with Crippen LogP contribution < -0.4 is 5.32 Å². The lowest BCUT2D eigenvalue weighted by Crippen LogP contribution is -2.54. The van der Waals surface area contributed by atoms with E-state index in [0.717, 1.165) is 16.7 Å². The minimum Gasteiger partial charge on any atom is -0.350 e. The molecule has 3 aromatic rings. The number of halogens is 3. The highest BCUT2D eigenvalue weighted by molar-refractivity contribution is 7.99. The van der Waals surface area contributed by atoms with E-state index >= 15 is 0 Å². The Labute approximate surface area is 238 Å². The standard InChI is InChI=1S/C29H31Cl3N2O2S/c1-29(2,3)33-28(36)26(15-20-7-5-4-6-8-20)34(17-22-11-14-24(31)16-25(22)32)27(35)19-37-18-21-9-12-23(30)13-10-21/h4-14,16,26H,15,17-19H2,1-3H3,(H,33,36)/t26-/m1/s1. The van der Waals surface area contributed by atoms with Crippen molar-refractivity contribution in [3.05, 3.63) is 105 Å². The van der Waals surface area contributed by atoms with Crippen LogP contribution in [-0.4, -0.2) is 34.0 Å². The largest absolute Gasteiger partial charge is 0.350 e. The molecule has 2 amide bonds. The molecule has 0 aliphatic rings. The van der Waals surface area contributed by atoms with Gasteiger partial charge in [0.1, 0.15) is 6.04 Å². The molecule has 0 fully saturated rings. The maximum atomic E-state index is 13.7. The Morgan fingerprint density at radius 1 is 0.892 bits per heavy atom. The van der Waals surface area contributed by atoms with E-state index < -0.39 is 11.6 Å². The van der Waals surface area contributed by atoms with Gasteiger partial charge in [0.15, 0.2) is 0 Å². The zero-order valence-corrected chi connectivity index (χ0v) is 24.2. The van der Waals surface area contributed by atoms with Crippen LogP contribution in [0.5, 0.6) is 0 Å². The quantitative estimate of drug-likeness (QED) is 0.272. The molecule has 37 heavy (non-hydrogen) atoms. The van der Waals surface area contributed by atoms with E-state index in [1.54, 1.807) is 23.1 Å². The Balaban J connectivity index is 1.89. The lowest BCUT2D eigenvalue weighted by Gasteiger charge is -2.34. The van der Waals surface area contributed by atoms with Crippen molar-refractivity contribution in [1.82, 2.24) is 10.2 Å². The Bertz CT molecular complexity index is 1200. The van der Waals surface area contributed by atoms with Gasteiger partial charge in [-0.3, -0.25) is 9.59 Å². The number of thioether (sulfide) groups is 1. The van der Waals surface area contributed by atoms with Gasteiger partial charge in [-0.05, 0) is 61.7 Å². The van der Waals surface area contributed by atoms with Gasteiger partial charge in [0.25, 0.3) is 0 Å². The summed E-state index contributed by atoms with van der Waals surface area (Å²) in [5.74, 6) is 0.505. The molecule has 1 atom stereocenters. The van der Waals surface area contributed by atoms with E-state index in [2.05, 4.69) is 5.32 Å². The van der Waals surface area contributed by atoms with Gasteiger partial charge >= 0.3 is 0 Å². The Morgan fingerprint density at radius 3 is 2.16 bits per heavy atom. The Hall–Kier alpha value is -2.18. The van der Waals surface area contributed by atoms with Gasteiger partial charge < -0.3 is 10.2 Å². The van der Waals surface area contributed by atoms with Gasteiger partial charge in [0.05, 0.1) is 5.75 Å². The van der Waals surface area contributed by atoms with Crippen LogP contribution in [0.4, 0.5) is 0 Å². The molecule has 0 aliphatic heterocycles. The van der Waals surface area contributed by atoms with E-state index in [1.165, 1.54) is 11.8 Å². The number of carbonyl (C=O) groups is 2. The normalized spacial score (nSPS) is 12.2. The molecule has 3 rings (SSSR count). The van der Waals surface area contributed by atoms with E-state index in [-0.39, 0.29) is 24.1 Å². The van der Waals surface area contributed by atoms with Crippen LogP contribution >= 0.6 is 46.6 Å². The number of carbonyl (C=O) groups excluding carboxylic acids is 2. The summed E-state index contributed by atoms with van der Waals surface area (Å²) >= 11 is 20.1. The number of nitrogens with one attached hydrogen (secondary N) is 1. The third-order valence-corrected chi connectivity index (χ3v) is 7.36. The molecule has 0 radical (unpaired) electrons. The number of hydrogen-bond donors (Lipinski definition) is 1. The van der Waals surface area contributed by atoms with Gasteiger partial charge in [-0.1, -0.05) is 83.3 Å². The second-order valence-electron chi connectivity index (χ2n) is 9.82. The average molecular weight is 578 g/mol. The SMILES string of the molecule is CC(C)(C)NC(=O)[C@@H](Cc1ccccc1)N(Cc1ccc(Cl)cc1Cl)C(=O)CSCc1ccc(Cl)cc1. The number of hydrogen-bond acceptors (Lipinski definition) is 3. The lowest BCUT2D eigenvalue weighted by atomic mass is 10.0. The molecule has 0 spiro atoms.